The third-order valence-corrected chi connectivity index (χ3v) is 13.6. The fourth-order valence-electron chi connectivity index (χ4n) is 6.24. The largest absolute Gasteiger partial charge is 0.497 e. The molecule has 0 bridgehead atoms. The maximum absolute atomic E-state index is 15.9. The second kappa shape index (κ2) is 15.7. The summed E-state index contributed by atoms with van der Waals surface area (Å²) >= 11 is 0. The summed E-state index contributed by atoms with van der Waals surface area (Å²) in [7, 11) is -1.39. The first-order chi connectivity index (χ1) is 22.8. The van der Waals surface area contributed by atoms with Crippen molar-refractivity contribution in [1.82, 2.24) is 0 Å². The minimum Gasteiger partial charge on any atom is -0.497 e. The monoisotopic (exact) mass is 655 g/mol. The van der Waals surface area contributed by atoms with Gasteiger partial charge in [0.15, 0.2) is 0 Å². The van der Waals surface area contributed by atoms with Crippen molar-refractivity contribution in [3.63, 3.8) is 0 Å². The third-order valence-electron chi connectivity index (χ3n) is 8.55. The maximum Gasteiger partial charge on any atom is 0.261 e. The van der Waals surface area contributed by atoms with Crippen molar-refractivity contribution >= 4 is 18.7 Å². The number of hydrogen-bond donors (Lipinski definition) is 0. The highest BCUT2D eigenvalue weighted by Gasteiger charge is 2.53. The number of nitrogens with zero attached hydrogens (tertiary/aromatic N) is 3. The smallest absolute Gasteiger partial charge is 0.261 e. The van der Waals surface area contributed by atoms with Crippen LogP contribution in [0.15, 0.2) is 120 Å². The summed E-state index contributed by atoms with van der Waals surface area (Å²) in [6, 6.07) is 36.3. The molecule has 0 N–H and O–H groups in total. The lowest BCUT2D eigenvalue weighted by molar-refractivity contribution is -0.249. The third kappa shape index (κ3) is 7.93. The Morgan fingerprint density at radius 2 is 1.28 bits per heavy atom. The number of rotatable bonds is 13. The molecule has 0 unspecified atom stereocenters. The fraction of sp³-hybridized carbons (Fsp3) is 0.351. The van der Waals surface area contributed by atoms with E-state index in [1.54, 1.807) is 7.11 Å². The number of alkyl halides is 1. The normalized spacial score (nSPS) is 21.5. The topological polar surface area (TPSA) is 94.9 Å². The molecule has 1 aliphatic heterocycles. The predicted octanol–water partition coefficient (Wildman–Crippen LogP) is 7.12. The van der Waals surface area contributed by atoms with Gasteiger partial charge in [0, 0.05) is 4.91 Å². The summed E-state index contributed by atoms with van der Waals surface area (Å²) in [5.74, 6) is 0.721. The Bertz CT molecular complexity index is 1550. The zero-order valence-electron chi connectivity index (χ0n) is 27.2. The van der Waals surface area contributed by atoms with Crippen molar-refractivity contribution in [2.45, 2.75) is 69.7 Å². The quantitative estimate of drug-likeness (QED) is 0.0662. The van der Waals surface area contributed by atoms with Crippen molar-refractivity contribution in [2.75, 3.05) is 13.7 Å². The minimum atomic E-state index is -3.00. The minimum absolute atomic E-state index is 0.0230. The highest BCUT2D eigenvalue weighted by Crippen LogP contribution is 2.38. The summed E-state index contributed by atoms with van der Waals surface area (Å²) in [6.07, 6.45) is -4.60. The van der Waals surface area contributed by atoms with E-state index in [1.807, 2.05) is 91.0 Å². The molecule has 0 spiro atoms. The molecular weight excluding hydrogens is 614 g/mol. The summed E-state index contributed by atoms with van der Waals surface area (Å²) in [6.45, 7) is 6.91. The Kier molecular flexibility index (Phi) is 11.5. The van der Waals surface area contributed by atoms with Crippen LogP contribution in [-0.2, 0) is 31.9 Å². The molecule has 0 amide bonds. The molecule has 1 saturated heterocycles. The Morgan fingerprint density at radius 1 is 0.766 bits per heavy atom. The van der Waals surface area contributed by atoms with Gasteiger partial charge in [-0.25, -0.2) is 4.39 Å². The molecule has 4 aromatic carbocycles. The molecule has 1 heterocycles. The van der Waals surface area contributed by atoms with Crippen LogP contribution in [0.3, 0.4) is 0 Å². The van der Waals surface area contributed by atoms with Gasteiger partial charge in [-0.15, -0.1) is 0 Å². The summed E-state index contributed by atoms with van der Waals surface area (Å²) in [5, 5.41) is 5.66. The first-order valence-corrected chi connectivity index (χ1v) is 17.7. The van der Waals surface area contributed by atoms with Crippen LogP contribution in [0, 0.1) is 0 Å². The molecule has 5 rings (SSSR count). The van der Waals surface area contributed by atoms with E-state index in [-0.39, 0.29) is 24.9 Å². The molecule has 10 heteroatoms. The standard InChI is InChI=1S/C37H42FN3O5Si/c1-37(2,3)47(30-16-10-6-11-17-30,31-18-12-7-13-19-31)45-26-32-34(43-25-28-20-22-29(42-4)23-21-28)35(33(40-41-39)36(38)46-32)44-24-27-14-8-5-9-15-27/h5-23,32-36H,24-26H2,1-4H3/t32-,33-,34-,35-,36+/m1/s1. The van der Waals surface area contributed by atoms with E-state index in [0.717, 1.165) is 27.2 Å². The zero-order valence-corrected chi connectivity index (χ0v) is 28.2. The summed E-state index contributed by atoms with van der Waals surface area (Å²) in [4.78, 5) is 2.94. The Balaban J connectivity index is 1.52. The predicted molar refractivity (Wildman–Crippen MR) is 183 cm³/mol. The number of benzene rings is 4. The van der Waals surface area contributed by atoms with E-state index in [9.17, 15) is 5.53 Å². The van der Waals surface area contributed by atoms with E-state index in [1.165, 1.54) is 0 Å². The van der Waals surface area contributed by atoms with Gasteiger partial charge in [-0.3, -0.25) is 0 Å². The first kappa shape index (κ1) is 34.3. The lowest BCUT2D eigenvalue weighted by Gasteiger charge is -2.46. The molecule has 4 aromatic rings. The summed E-state index contributed by atoms with van der Waals surface area (Å²) in [5.41, 5.74) is 11.2. The Hall–Kier alpha value is -4.02. The van der Waals surface area contributed by atoms with E-state index < -0.39 is 39.0 Å². The molecule has 1 fully saturated rings. The molecule has 0 aromatic heterocycles. The molecule has 1 aliphatic rings. The zero-order chi connectivity index (χ0) is 33.3. The van der Waals surface area contributed by atoms with Gasteiger partial charge in [0.25, 0.3) is 8.32 Å². The molecule has 0 radical (unpaired) electrons. The van der Waals surface area contributed by atoms with Crippen LogP contribution in [-0.4, -0.2) is 52.7 Å². The highest BCUT2D eigenvalue weighted by atomic mass is 28.4. The lowest BCUT2D eigenvalue weighted by atomic mass is 9.97. The van der Waals surface area contributed by atoms with Gasteiger partial charge in [-0.1, -0.05) is 129 Å². The molecule has 0 saturated carbocycles. The first-order valence-electron chi connectivity index (χ1n) is 15.8. The second-order valence-corrected chi connectivity index (χ2v) is 16.9. The van der Waals surface area contributed by atoms with Crippen molar-refractivity contribution in [3.05, 3.63) is 137 Å². The SMILES string of the molecule is COc1ccc(CO[C@H]2[C@H](OCc3ccccc3)[C@@H](N=[N+]=[N-])[C@@H](F)O[C@@H]2CO[Si](c2ccccc2)(c2ccccc2)C(C)(C)C)cc1. The van der Waals surface area contributed by atoms with Gasteiger partial charge < -0.3 is 23.4 Å². The Labute approximate surface area is 277 Å². The van der Waals surface area contributed by atoms with Crippen LogP contribution in [0.4, 0.5) is 4.39 Å². The molecule has 8 nitrogen and oxygen atoms in total. The van der Waals surface area contributed by atoms with Gasteiger partial charge >= 0.3 is 0 Å². The summed E-state index contributed by atoms with van der Waals surface area (Å²) < 4.78 is 47.3. The van der Waals surface area contributed by atoms with Crippen LogP contribution >= 0.6 is 0 Å². The van der Waals surface area contributed by atoms with Crippen molar-refractivity contribution in [1.29, 1.82) is 0 Å². The molecule has 47 heavy (non-hydrogen) atoms. The molecule has 246 valence electrons. The molecular formula is C37H42FN3O5Si. The van der Waals surface area contributed by atoms with Gasteiger partial charge in [0.1, 0.15) is 30.1 Å². The van der Waals surface area contributed by atoms with Crippen LogP contribution in [0.5, 0.6) is 5.75 Å². The van der Waals surface area contributed by atoms with Gasteiger partial charge in [0.05, 0.1) is 26.9 Å². The fourth-order valence-corrected chi connectivity index (χ4v) is 10.8. The van der Waals surface area contributed by atoms with Gasteiger partial charge in [0.2, 0.25) is 6.36 Å². The van der Waals surface area contributed by atoms with Gasteiger partial charge in [-0.2, -0.15) is 0 Å². The number of hydrogen-bond acceptors (Lipinski definition) is 6. The Morgan fingerprint density at radius 3 is 1.79 bits per heavy atom. The number of ether oxygens (including phenoxy) is 4. The average Bonchev–Trinajstić information content (AvgIpc) is 3.09. The highest BCUT2D eigenvalue weighted by molar-refractivity contribution is 6.99. The lowest BCUT2D eigenvalue weighted by Crippen LogP contribution is -2.68. The number of azide groups is 1. The van der Waals surface area contributed by atoms with E-state index in [0.29, 0.717) is 0 Å². The second-order valence-electron chi connectivity index (χ2n) is 12.6. The van der Waals surface area contributed by atoms with Crippen LogP contribution in [0.2, 0.25) is 5.04 Å². The van der Waals surface area contributed by atoms with Crippen LogP contribution < -0.4 is 15.1 Å². The molecule has 5 atom stereocenters. The average molecular weight is 656 g/mol. The van der Waals surface area contributed by atoms with Crippen LogP contribution in [0.25, 0.3) is 10.4 Å². The van der Waals surface area contributed by atoms with Crippen LogP contribution in [0.1, 0.15) is 31.9 Å². The van der Waals surface area contributed by atoms with E-state index in [2.05, 4.69) is 55.1 Å². The van der Waals surface area contributed by atoms with E-state index >= 15 is 4.39 Å². The van der Waals surface area contributed by atoms with E-state index in [4.69, 9.17) is 23.4 Å². The maximum atomic E-state index is 15.9. The van der Waals surface area contributed by atoms with Crippen molar-refractivity contribution < 1.29 is 27.8 Å². The number of halogens is 1. The van der Waals surface area contributed by atoms with Crippen molar-refractivity contribution in [3.8, 4) is 5.75 Å². The van der Waals surface area contributed by atoms with Crippen molar-refractivity contribution in [2.24, 2.45) is 5.11 Å². The molecule has 0 aliphatic carbocycles. The van der Waals surface area contributed by atoms with Gasteiger partial charge in [-0.05, 0) is 44.2 Å². The number of methoxy groups -OCH3 is 1.